The molecule has 1 rings (SSSR count). The van der Waals surface area contributed by atoms with Crippen LogP contribution in [0.5, 0.6) is 5.75 Å². The lowest BCUT2D eigenvalue weighted by molar-refractivity contribution is 0.0696. The Morgan fingerprint density at radius 3 is 2.62 bits per heavy atom. The Morgan fingerprint density at radius 1 is 1.54 bits per heavy atom. The van der Waals surface area contributed by atoms with E-state index in [1.165, 1.54) is 6.07 Å². The number of carboxylic acids is 1. The lowest BCUT2D eigenvalue weighted by atomic mass is 10.1. The number of carbonyl (C=O) groups is 1. The molecule has 13 heavy (non-hydrogen) atoms. The van der Waals surface area contributed by atoms with Crippen LogP contribution in [0.3, 0.4) is 0 Å². The number of benzene rings is 1. The molecule has 0 aliphatic heterocycles. The van der Waals surface area contributed by atoms with Gasteiger partial charge >= 0.3 is 5.97 Å². The molecule has 1 aromatic rings. The summed E-state index contributed by atoms with van der Waals surface area (Å²) in [6.45, 7) is 0. The van der Waals surface area contributed by atoms with Gasteiger partial charge in [-0.05, 0) is 12.1 Å². The highest BCUT2D eigenvalue weighted by atomic mass is 19.1. The summed E-state index contributed by atoms with van der Waals surface area (Å²) in [6.07, 6.45) is 0. The van der Waals surface area contributed by atoms with E-state index in [2.05, 4.69) is 0 Å². The molecule has 0 radical (unpaired) electrons. The fraction of sp³-hybridized carbons (Fsp3) is 0. The summed E-state index contributed by atoms with van der Waals surface area (Å²) < 4.78 is 12.7. The van der Waals surface area contributed by atoms with Crippen LogP contribution in [0.15, 0.2) is 12.1 Å². The van der Waals surface area contributed by atoms with Crippen LogP contribution in [0.25, 0.3) is 0 Å². The van der Waals surface area contributed by atoms with Crippen molar-refractivity contribution < 1.29 is 19.4 Å². The number of nitrogens with zero attached hydrogens (tertiary/aromatic N) is 1. The lowest BCUT2D eigenvalue weighted by Crippen LogP contribution is -1.98. The molecule has 0 aliphatic rings. The maximum absolute atomic E-state index is 12.7. The summed E-state index contributed by atoms with van der Waals surface area (Å²) in [5.41, 5.74) is -0.760. The minimum Gasteiger partial charge on any atom is -0.504 e. The van der Waals surface area contributed by atoms with Crippen molar-refractivity contribution in [1.82, 2.24) is 0 Å². The zero-order valence-electron chi connectivity index (χ0n) is 6.28. The Kier molecular flexibility index (Phi) is 2.15. The van der Waals surface area contributed by atoms with Gasteiger partial charge in [0, 0.05) is 0 Å². The van der Waals surface area contributed by atoms with Crippen molar-refractivity contribution in [2.24, 2.45) is 0 Å². The molecule has 0 aromatic heterocycles. The van der Waals surface area contributed by atoms with E-state index >= 15 is 0 Å². The predicted octanol–water partition coefficient (Wildman–Crippen LogP) is 1.10. The Bertz CT molecular complexity index is 409. The Labute approximate surface area is 72.5 Å². The number of hydrogen-bond acceptors (Lipinski definition) is 3. The Hall–Kier alpha value is -2.09. The number of aromatic carboxylic acids is 1. The zero-order chi connectivity index (χ0) is 10.0. The van der Waals surface area contributed by atoms with Gasteiger partial charge in [0.2, 0.25) is 0 Å². The van der Waals surface area contributed by atoms with Crippen molar-refractivity contribution in [2.75, 3.05) is 0 Å². The van der Waals surface area contributed by atoms with E-state index in [-0.39, 0.29) is 5.56 Å². The van der Waals surface area contributed by atoms with Crippen LogP contribution < -0.4 is 0 Å². The zero-order valence-corrected chi connectivity index (χ0v) is 6.28. The van der Waals surface area contributed by atoms with Gasteiger partial charge < -0.3 is 10.2 Å². The van der Waals surface area contributed by atoms with Crippen LogP contribution in [-0.4, -0.2) is 16.2 Å². The molecule has 0 bridgehead atoms. The summed E-state index contributed by atoms with van der Waals surface area (Å²) in [5, 5.41) is 25.8. The molecule has 0 heterocycles. The van der Waals surface area contributed by atoms with Crippen molar-refractivity contribution in [3.05, 3.63) is 29.1 Å². The number of hydrogen-bond donors (Lipinski definition) is 2. The van der Waals surface area contributed by atoms with E-state index in [1.54, 1.807) is 0 Å². The maximum Gasteiger partial charge on any atom is 0.335 e. The van der Waals surface area contributed by atoms with Crippen molar-refractivity contribution in [2.45, 2.75) is 0 Å². The van der Waals surface area contributed by atoms with Crippen LogP contribution in [0.1, 0.15) is 15.9 Å². The molecular weight excluding hydrogens is 177 g/mol. The van der Waals surface area contributed by atoms with Gasteiger partial charge in [-0.2, -0.15) is 5.26 Å². The Balaban J connectivity index is 3.41. The molecule has 0 atom stereocenters. The summed E-state index contributed by atoms with van der Waals surface area (Å²) in [5.74, 6) is -3.29. The number of aromatic hydroxyl groups is 1. The van der Waals surface area contributed by atoms with Gasteiger partial charge in [-0.3, -0.25) is 0 Å². The highest BCUT2D eigenvalue weighted by Crippen LogP contribution is 2.22. The molecule has 0 amide bonds. The largest absolute Gasteiger partial charge is 0.504 e. The normalized spacial score (nSPS) is 9.23. The van der Waals surface area contributed by atoms with E-state index < -0.39 is 23.1 Å². The summed E-state index contributed by atoms with van der Waals surface area (Å²) in [7, 11) is 0. The second kappa shape index (κ2) is 3.11. The molecule has 0 unspecified atom stereocenters. The fourth-order valence-electron chi connectivity index (χ4n) is 0.808. The summed E-state index contributed by atoms with van der Waals surface area (Å²) in [6, 6.07) is 3.03. The van der Waals surface area contributed by atoms with E-state index in [9.17, 15) is 9.18 Å². The molecule has 0 saturated carbocycles. The molecular formula is C8H4FNO3. The molecule has 0 fully saturated rings. The second-order valence-electron chi connectivity index (χ2n) is 2.27. The number of carboxylic acid groups (broad SMARTS) is 1. The highest BCUT2D eigenvalue weighted by Gasteiger charge is 2.12. The lowest BCUT2D eigenvalue weighted by Gasteiger charge is -1.99. The van der Waals surface area contributed by atoms with Gasteiger partial charge in [-0.25, -0.2) is 9.18 Å². The molecule has 1 aromatic carbocycles. The van der Waals surface area contributed by atoms with E-state index in [0.29, 0.717) is 6.07 Å². The first-order valence-electron chi connectivity index (χ1n) is 3.22. The average molecular weight is 181 g/mol. The van der Waals surface area contributed by atoms with Gasteiger partial charge in [-0.1, -0.05) is 0 Å². The van der Waals surface area contributed by atoms with Crippen LogP contribution in [0.4, 0.5) is 4.39 Å². The van der Waals surface area contributed by atoms with Gasteiger partial charge in [-0.15, -0.1) is 0 Å². The number of phenolic OH excluding ortho intramolecular Hbond substituents is 1. The molecule has 5 heteroatoms. The fourth-order valence-corrected chi connectivity index (χ4v) is 0.808. The van der Waals surface area contributed by atoms with Crippen LogP contribution in [0.2, 0.25) is 0 Å². The minimum atomic E-state index is -1.35. The molecule has 4 nitrogen and oxygen atoms in total. The first-order valence-corrected chi connectivity index (χ1v) is 3.22. The standard InChI is InChI=1S/C8H4FNO3/c9-6-2-4(8(12)13)1-5(3-10)7(6)11/h1-2,11H,(H,12,13). The number of halogens is 1. The third kappa shape index (κ3) is 1.56. The summed E-state index contributed by atoms with van der Waals surface area (Å²) in [4.78, 5) is 10.4. The van der Waals surface area contributed by atoms with Gasteiger partial charge in [0.05, 0.1) is 11.1 Å². The van der Waals surface area contributed by atoms with Crippen molar-refractivity contribution in [3.63, 3.8) is 0 Å². The number of phenols is 1. The van der Waals surface area contributed by atoms with Crippen molar-refractivity contribution >= 4 is 5.97 Å². The average Bonchev–Trinajstić information content (AvgIpc) is 2.09. The predicted molar refractivity (Wildman–Crippen MR) is 39.7 cm³/mol. The van der Waals surface area contributed by atoms with Crippen molar-refractivity contribution in [3.8, 4) is 11.8 Å². The first kappa shape index (κ1) is 9.00. The van der Waals surface area contributed by atoms with Crippen LogP contribution in [-0.2, 0) is 0 Å². The third-order valence-corrected chi connectivity index (χ3v) is 1.43. The molecule has 0 saturated heterocycles. The van der Waals surface area contributed by atoms with E-state index in [4.69, 9.17) is 15.5 Å². The van der Waals surface area contributed by atoms with Gasteiger partial charge in [0.1, 0.15) is 6.07 Å². The number of nitriles is 1. The van der Waals surface area contributed by atoms with Gasteiger partial charge in [0.25, 0.3) is 0 Å². The molecule has 66 valence electrons. The quantitative estimate of drug-likeness (QED) is 0.679. The number of rotatable bonds is 1. The van der Waals surface area contributed by atoms with Crippen LogP contribution >= 0.6 is 0 Å². The highest BCUT2D eigenvalue weighted by molar-refractivity contribution is 5.88. The Morgan fingerprint density at radius 2 is 2.15 bits per heavy atom. The first-order chi connectivity index (χ1) is 6.06. The molecule has 0 aliphatic carbocycles. The maximum atomic E-state index is 12.7. The molecule has 2 N–H and O–H groups in total. The van der Waals surface area contributed by atoms with Crippen molar-refractivity contribution in [1.29, 1.82) is 5.26 Å². The minimum absolute atomic E-state index is 0.369. The second-order valence-corrected chi connectivity index (χ2v) is 2.27. The topological polar surface area (TPSA) is 81.3 Å². The third-order valence-electron chi connectivity index (χ3n) is 1.43. The van der Waals surface area contributed by atoms with E-state index in [0.717, 1.165) is 6.07 Å². The van der Waals surface area contributed by atoms with Crippen LogP contribution in [0, 0.1) is 17.1 Å². The molecule has 0 spiro atoms. The SMILES string of the molecule is N#Cc1cc(C(=O)O)cc(F)c1O. The smallest absolute Gasteiger partial charge is 0.335 e. The van der Waals surface area contributed by atoms with E-state index in [1.807, 2.05) is 0 Å². The summed E-state index contributed by atoms with van der Waals surface area (Å²) >= 11 is 0. The van der Waals surface area contributed by atoms with Gasteiger partial charge in [0.15, 0.2) is 11.6 Å². The monoisotopic (exact) mass is 181 g/mol.